The van der Waals surface area contributed by atoms with Crippen LogP contribution in [0.2, 0.25) is 0 Å². The molecule has 4 nitrogen and oxygen atoms in total. The molecule has 0 amide bonds. The molecular weight excluding hydrogens is 270 g/mol. The number of anilines is 1. The average molecular weight is 289 g/mol. The van der Waals surface area contributed by atoms with E-state index in [9.17, 15) is 5.11 Å². The van der Waals surface area contributed by atoms with Gasteiger partial charge in [0.05, 0.1) is 5.39 Å². The van der Waals surface area contributed by atoms with Crippen LogP contribution in [0.25, 0.3) is 10.2 Å². The van der Waals surface area contributed by atoms with Crippen molar-refractivity contribution in [1.82, 2.24) is 9.97 Å². The summed E-state index contributed by atoms with van der Waals surface area (Å²) in [6.45, 7) is 2.26. The summed E-state index contributed by atoms with van der Waals surface area (Å²) >= 11 is 1.84. The summed E-state index contributed by atoms with van der Waals surface area (Å²) in [5.74, 6) is 1.49. The van der Waals surface area contributed by atoms with Crippen LogP contribution in [-0.4, -0.2) is 34.8 Å². The Morgan fingerprint density at radius 1 is 1.30 bits per heavy atom. The molecule has 20 heavy (non-hydrogen) atoms. The maximum absolute atomic E-state index is 9.43. The van der Waals surface area contributed by atoms with Crippen LogP contribution in [0.15, 0.2) is 6.33 Å². The van der Waals surface area contributed by atoms with E-state index in [0.29, 0.717) is 5.92 Å². The number of piperidine rings is 1. The van der Waals surface area contributed by atoms with Gasteiger partial charge in [-0.25, -0.2) is 9.97 Å². The Morgan fingerprint density at radius 2 is 2.25 bits per heavy atom. The highest BCUT2D eigenvalue weighted by atomic mass is 32.1. The van der Waals surface area contributed by atoms with Crippen molar-refractivity contribution in [1.29, 1.82) is 0 Å². The van der Waals surface area contributed by atoms with E-state index in [2.05, 4.69) is 14.9 Å². The zero-order valence-corrected chi connectivity index (χ0v) is 12.3. The fourth-order valence-corrected chi connectivity index (χ4v) is 4.78. The molecule has 1 aliphatic heterocycles. The van der Waals surface area contributed by atoms with Crippen molar-refractivity contribution in [3.05, 3.63) is 16.8 Å². The third kappa shape index (κ3) is 1.91. The van der Waals surface area contributed by atoms with Crippen molar-refractivity contribution in [2.75, 3.05) is 24.6 Å². The van der Waals surface area contributed by atoms with Crippen molar-refractivity contribution in [2.24, 2.45) is 5.92 Å². The van der Waals surface area contributed by atoms with Crippen LogP contribution in [0.5, 0.6) is 0 Å². The molecule has 0 saturated carbocycles. The van der Waals surface area contributed by atoms with Crippen LogP contribution >= 0.6 is 11.3 Å². The van der Waals surface area contributed by atoms with E-state index in [0.717, 1.165) is 36.6 Å². The fourth-order valence-electron chi connectivity index (χ4n) is 3.56. The number of aromatic nitrogens is 2. The number of thiophene rings is 1. The Labute approximate surface area is 122 Å². The standard InChI is InChI=1S/C15H19N3OS/c19-8-10-3-2-6-18(7-10)14-13-11-4-1-5-12(11)20-15(13)17-9-16-14/h9-10,19H,1-8H2/t10-/m1/s1. The fraction of sp³-hybridized carbons (Fsp3) is 0.600. The van der Waals surface area contributed by atoms with E-state index in [1.54, 1.807) is 6.33 Å². The second kappa shape index (κ2) is 4.97. The Hall–Kier alpha value is -1.20. The topological polar surface area (TPSA) is 49.2 Å². The van der Waals surface area contributed by atoms with Crippen LogP contribution in [0.1, 0.15) is 29.7 Å². The van der Waals surface area contributed by atoms with E-state index in [1.165, 1.54) is 35.1 Å². The lowest BCUT2D eigenvalue weighted by molar-refractivity contribution is 0.208. The van der Waals surface area contributed by atoms with Gasteiger partial charge in [-0.05, 0) is 43.6 Å². The van der Waals surface area contributed by atoms with Crippen molar-refractivity contribution in [3.8, 4) is 0 Å². The van der Waals surface area contributed by atoms with Gasteiger partial charge in [-0.3, -0.25) is 0 Å². The smallest absolute Gasteiger partial charge is 0.141 e. The van der Waals surface area contributed by atoms with E-state index >= 15 is 0 Å². The minimum Gasteiger partial charge on any atom is -0.396 e. The van der Waals surface area contributed by atoms with E-state index in [4.69, 9.17) is 0 Å². The van der Waals surface area contributed by atoms with Gasteiger partial charge in [0.2, 0.25) is 0 Å². The lowest BCUT2D eigenvalue weighted by Gasteiger charge is -2.33. The van der Waals surface area contributed by atoms with E-state index in [1.807, 2.05) is 11.3 Å². The Morgan fingerprint density at radius 3 is 3.15 bits per heavy atom. The van der Waals surface area contributed by atoms with Gasteiger partial charge in [-0.15, -0.1) is 11.3 Å². The molecule has 0 unspecified atom stereocenters. The number of hydrogen-bond acceptors (Lipinski definition) is 5. The van der Waals surface area contributed by atoms with Gasteiger partial charge >= 0.3 is 0 Å². The highest BCUT2D eigenvalue weighted by Crippen LogP contribution is 2.40. The van der Waals surface area contributed by atoms with Gasteiger partial charge in [0, 0.05) is 24.6 Å². The maximum Gasteiger partial charge on any atom is 0.141 e. The van der Waals surface area contributed by atoms with Crippen molar-refractivity contribution >= 4 is 27.4 Å². The lowest BCUT2D eigenvalue weighted by atomic mass is 9.98. The molecule has 106 valence electrons. The lowest BCUT2D eigenvalue weighted by Crippen LogP contribution is -2.37. The summed E-state index contributed by atoms with van der Waals surface area (Å²) in [4.78, 5) is 14.1. The molecule has 2 aromatic rings. The van der Waals surface area contributed by atoms with Gasteiger partial charge in [-0.2, -0.15) is 0 Å². The zero-order chi connectivity index (χ0) is 13.5. The number of aryl methyl sites for hydroxylation is 2. The highest BCUT2D eigenvalue weighted by Gasteiger charge is 2.26. The Bertz CT molecular complexity index is 639. The molecule has 0 radical (unpaired) electrons. The summed E-state index contributed by atoms with van der Waals surface area (Å²) in [6, 6.07) is 0. The Balaban J connectivity index is 1.79. The molecule has 1 atom stereocenters. The zero-order valence-electron chi connectivity index (χ0n) is 11.5. The minimum atomic E-state index is 0.284. The van der Waals surface area contributed by atoms with Gasteiger partial charge < -0.3 is 10.0 Å². The summed E-state index contributed by atoms with van der Waals surface area (Å²) in [5, 5.41) is 10.7. The second-order valence-electron chi connectivity index (χ2n) is 5.87. The summed E-state index contributed by atoms with van der Waals surface area (Å²) in [7, 11) is 0. The third-order valence-electron chi connectivity index (χ3n) is 4.56. The van der Waals surface area contributed by atoms with Crippen LogP contribution in [0.4, 0.5) is 5.82 Å². The first-order valence-electron chi connectivity index (χ1n) is 7.48. The second-order valence-corrected chi connectivity index (χ2v) is 6.96. The minimum absolute atomic E-state index is 0.284. The first-order chi connectivity index (χ1) is 9.86. The largest absolute Gasteiger partial charge is 0.396 e. The molecule has 4 rings (SSSR count). The van der Waals surface area contributed by atoms with Crippen LogP contribution in [0, 0.1) is 5.92 Å². The van der Waals surface area contributed by atoms with Crippen molar-refractivity contribution < 1.29 is 5.11 Å². The number of hydrogen-bond donors (Lipinski definition) is 1. The van der Waals surface area contributed by atoms with Crippen LogP contribution < -0.4 is 4.90 Å². The molecule has 1 N–H and O–H groups in total. The number of fused-ring (bicyclic) bond motifs is 3. The number of aliphatic hydroxyl groups excluding tert-OH is 1. The normalized spacial score (nSPS) is 22.4. The third-order valence-corrected chi connectivity index (χ3v) is 5.76. The molecule has 0 aromatic carbocycles. The quantitative estimate of drug-likeness (QED) is 0.922. The first kappa shape index (κ1) is 12.5. The number of rotatable bonds is 2. The van der Waals surface area contributed by atoms with Crippen molar-refractivity contribution in [2.45, 2.75) is 32.1 Å². The molecule has 1 fully saturated rings. The average Bonchev–Trinajstić information content (AvgIpc) is 3.07. The molecule has 0 spiro atoms. The SMILES string of the molecule is OC[C@@H]1CCCN(c2ncnc3sc4c(c23)CCC4)C1. The van der Waals surface area contributed by atoms with Crippen molar-refractivity contribution in [3.63, 3.8) is 0 Å². The molecular formula is C15H19N3OS. The Kier molecular flexibility index (Phi) is 3.11. The van der Waals surface area contributed by atoms with E-state index < -0.39 is 0 Å². The van der Waals surface area contributed by atoms with Crippen LogP contribution in [0.3, 0.4) is 0 Å². The van der Waals surface area contributed by atoms with Gasteiger partial charge in [0.15, 0.2) is 0 Å². The molecule has 0 bridgehead atoms. The summed E-state index contributed by atoms with van der Waals surface area (Å²) < 4.78 is 0. The molecule has 3 heterocycles. The summed E-state index contributed by atoms with van der Waals surface area (Å²) in [6.07, 6.45) is 7.62. The maximum atomic E-state index is 9.43. The number of nitrogens with zero attached hydrogens (tertiary/aromatic N) is 3. The van der Waals surface area contributed by atoms with E-state index in [-0.39, 0.29) is 6.61 Å². The molecule has 5 heteroatoms. The molecule has 2 aromatic heterocycles. The predicted octanol–water partition coefficient (Wildman–Crippen LogP) is 2.39. The highest BCUT2D eigenvalue weighted by molar-refractivity contribution is 7.19. The number of aliphatic hydroxyl groups is 1. The van der Waals surface area contributed by atoms with Crippen LogP contribution in [-0.2, 0) is 12.8 Å². The molecule has 1 saturated heterocycles. The van der Waals surface area contributed by atoms with Gasteiger partial charge in [0.1, 0.15) is 17.0 Å². The van der Waals surface area contributed by atoms with Gasteiger partial charge in [-0.1, -0.05) is 0 Å². The summed E-state index contributed by atoms with van der Waals surface area (Å²) in [5.41, 5.74) is 1.49. The molecule has 2 aliphatic rings. The predicted molar refractivity (Wildman–Crippen MR) is 81.5 cm³/mol. The molecule has 1 aliphatic carbocycles. The van der Waals surface area contributed by atoms with Gasteiger partial charge in [0.25, 0.3) is 0 Å². The first-order valence-corrected chi connectivity index (χ1v) is 8.29. The monoisotopic (exact) mass is 289 g/mol.